The smallest absolute Gasteiger partial charge is 0.394 e. The van der Waals surface area contributed by atoms with Crippen molar-refractivity contribution in [2.24, 2.45) is 17.3 Å². The quantitative estimate of drug-likeness (QED) is 0.355. The van der Waals surface area contributed by atoms with E-state index in [0.29, 0.717) is 0 Å². The van der Waals surface area contributed by atoms with Crippen LogP contribution in [0.1, 0.15) is 33.6 Å². The van der Waals surface area contributed by atoms with Gasteiger partial charge >= 0.3 is 13.9 Å². The van der Waals surface area contributed by atoms with Crippen molar-refractivity contribution in [3.05, 3.63) is 22.8 Å². The number of ether oxygens (including phenoxy) is 2. The summed E-state index contributed by atoms with van der Waals surface area (Å²) in [7, 11) is -4.62. The molecule has 6 rings (SSSR count). The van der Waals surface area contributed by atoms with Crippen LogP contribution in [0.15, 0.2) is 22.8 Å². The van der Waals surface area contributed by atoms with Gasteiger partial charge in [0.15, 0.2) is 0 Å². The van der Waals surface area contributed by atoms with Crippen LogP contribution in [0.2, 0.25) is 0 Å². The minimum absolute atomic E-state index is 0.000330. The summed E-state index contributed by atoms with van der Waals surface area (Å²) in [5.41, 5.74) is 1.89. The molecule has 4 aliphatic heterocycles. The number of hydrogen-bond donors (Lipinski definition) is 4. The first-order chi connectivity index (χ1) is 17.0. The third kappa shape index (κ3) is 3.36. The van der Waals surface area contributed by atoms with Crippen LogP contribution >= 0.6 is 7.82 Å². The number of urea groups is 1. The Morgan fingerprint density at radius 3 is 2.69 bits per heavy atom. The number of phosphoric acid groups is 1. The van der Waals surface area contributed by atoms with E-state index >= 15 is 0 Å². The molecule has 198 valence electrons. The standard InChI is InChI=1S/C23H31N2O10P/c1-9-4-11-10(2)18-19(9)23(3)20(18)25(22(29)24-21(23)28)17-6-14(15(7-26)34-17)35-36(30,31)32-8-16-12(27)5-13(11)33-16/h4,12-20,26-27H,5-8H2,1-3H3,(H,30,31)(H,24,28,29)/t12-,13-,14-,15-,16-,17-,18+,19-,20+,23-/m1/s1. The molecule has 4 N–H and O–H groups in total. The minimum atomic E-state index is -4.62. The number of phosphoric ester groups is 1. The Morgan fingerprint density at radius 1 is 1.22 bits per heavy atom. The zero-order valence-electron chi connectivity index (χ0n) is 20.2. The molecule has 3 amide bonds. The fraction of sp³-hybridized carbons (Fsp3) is 0.739. The predicted octanol–water partition coefficient (Wildman–Crippen LogP) is 0.577. The Hall–Kier alpha value is -1.63. The summed E-state index contributed by atoms with van der Waals surface area (Å²) in [4.78, 5) is 38.3. The first-order valence-electron chi connectivity index (χ1n) is 12.2. The lowest BCUT2D eigenvalue weighted by Crippen LogP contribution is -2.79. The van der Waals surface area contributed by atoms with E-state index in [1.165, 1.54) is 4.90 Å². The maximum Gasteiger partial charge on any atom is 0.472 e. The molecule has 6 bridgehead atoms. The van der Waals surface area contributed by atoms with Crippen molar-refractivity contribution in [1.82, 2.24) is 10.2 Å². The second kappa shape index (κ2) is 8.18. The second-order valence-electron chi connectivity index (χ2n) is 10.8. The van der Waals surface area contributed by atoms with Gasteiger partial charge in [0.1, 0.15) is 24.5 Å². The van der Waals surface area contributed by atoms with Crippen LogP contribution in [0.4, 0.5) is 4.79 Å². The topological polar surface area (TPSA) is 164 Å². The highest BCUT2D eigenvalue weighted by Gasteiger charge is 2.71. The lowest BCUT2D eigenvalue weighted by atomic mass is 9.44. The highest BCUT2D eigenvalue weighted by atomic mass is 31.2. The monoisotopic (exact) mass is 526 g/mol. The summed E-state index contributed by atoms with van der Waals surface area (Å²) in [5, 5.41) is 23.0. The molecule has 1 unspecified atom stereocenters. The van der Waals surface area contributed by atoms with Crippen molar-refractivity contribution >= 4 is 19.8 Å². The van der Waals surface area contributed by atoms with Gasteiger partial charge in [-0.05, 0) is 26.3 Å². The third-order valence-corrected chi connectivity index (χ3v) is 9.96. The van der Waals surface area contributed by atoms with Crippen molar-refractivity contribution < 1.29 is 47.8 Å². The van der Waals surface area contributed by atoms with E-state index in [9.17, 15) is 29.3 Å². The van der Waals surface area contributed by atoms with Gasteiger partial charge in [0.05, 0.1) is 36.9 Å². The lowest BCUT2D eigenvalue weighted by Gasteiger charge is -2.66. The molecule has 1 saturated carbocycles. The fourth-order valence-electron chi connectivity index (χ4n) is 7.29. The lowest BCUT2D eigenvalue weighted by molar-refractivity contribution is -0.181. The number of carbonyl (C=O) groups is 2. The first-order valence-corrected chi connectivity index (χ1v) is 13.7. The van der Waals surface area contributed by atoms with Gasteiger partial charge in [0.25, 0.3) is 0 Å². The van der Waals surface area contributed by atoms with Gasteiger partial charge in [-0.25, -0.2) is 9.36 Å². The number of aliphatic hydroxyl groups excluding tert-OH is 2. The molecule has 6 aliphatic rings. The number of hydrogen-bond acceptors (Lipinski definition) is 9. The molecule has 0 aromatic carbocycles. The number of fused-ring (bicyclic) bond motifs is 7. The molecule has 0 radical (unpaired) electrons. The van der Waals surface area contributed by atoms with Gasteiger partial charge in [-0.15, -0.1) is 0 Å². The van der Waals surface area contributed by atoms with Crippen molar-refractivity contribution in [1.29, 1.82) is 0 Å². The SMILES string of the molecule is CC1=CC2=C(C)[C@H]3[C@@H]1[C@@]1(C)C(=O)NC(=O)N([C@@H]31)[C@H]1C[C@@H](OP(=O)(O)OC[C@H]3O[C@@H]2C[C@H]3O)[C@@H](CO)O1. The van der Waals surface area contributed by atoms with Crippen LogP contribution in [0.25, 0.3) is 0 Å². The molecular formula is C23H31N2O10P. The fourth-order valence-corrected chi connectivity index (χ4v) is 8.25. The van der Waals surface area contributed by atoms with Gasteiger partial charge in [-0.2, -0.15) is 0 Å². The van der Waals surface area contributed by atoms with Crippen LogP contribution in [0, 0.1) is 17.3 Å². The maximum atomic E-state index is 13.2. The number of imide groups is 1. The van der Waals surface area contributed by atoms with E-state index < -0.39 is 68.7 Å². The molecule has 13 heteroatoms. The van der Waals surface area contributed by atoms with Gasteiger partial charge in [-0.3, -0.25) is 24.1 Å². The normalized spacial score (nSPS) is 50.2. The minimum Gasteiger partial charge on any atom is -0.394 e. The zero-order valence-corrected chi connectivity index (χ0v) is 21.1. The predicted molar refractivity (Wildman–Crippen MR) is 121 cm³/mol. The molecule has 11 atom stereocenters. The van der Waals surface area contributed by atoms with E-state index in [-0.39, 0.29) is 37.2 Å². The van der Waals surface area contributed by atoms with Crippen molar-refractivity contribution in [2.45, 2.75) is 76.4 Å². The van der Waals surface area contributed by atoms with Crippen LogP contribution in [-0.4, -0.2) is 87.9 Å². The number of nitrogens with zero attached hydrogens (tertiary/aromatic N) is 1. The Balaban J connectivity index is 1.47. The van der Waals surface area contributed by atoms with Crippen LogP contribution in [0.3, 0.4) is 0 Å². The van der Waals surface area contributed by atoms with Crippen molar-refractivity contribution in [3.63, 3.8) is 0 Å². The number of aliphatic hydroxyl groups is 2. The Kier molecular flexibility index (Phi) is 5.61. The van der Waals surface area contributed by atoms with E-state index in [1.807, 2.05) is 26.8 Å². The number of allylic oxidation sites excluding steroid dienone is 1. The Morgan fingerprint density at radius 2 is 1.97 bits per heavy atom. The van der Waals surface area contributed by atoms with E-state index in [4.69, 9.17) is 18.5 Å². The van der Waals surface area contributed by atoms with Crippen LogP contribution < -0.4 is 5.32 Å². The summed E-state index contributed by atoms with van der Waals surface area (Å²) < 4.78 is 35.3. The Bertz CT molecular complexity index is 1120. The van der Waals surface area contributed by atoms with E-state index in [0.717, 1.165) is 16.7 Å². The highest BCUT2D eigenvalue weighted by Crippen LogP contribution is 2.64. The average molecular weight is 526 g/mol. The number of nitrogens with one attached hydrogen (secondary N) is 1. The van der Waals surface area contributed by atoms with Crippen molar-refractivity contribution in [2.75, 3.05) is 13.2 Å². The summed E-state index contributed by atoms with van der Waals surface area (Å²) in [6.07, 6.45) is -2.92. The molecule has 4 heterocycles. The summed E-state index contributed by atoms with van der Waals surface area (Å²) >= 11 is 0. The molecule has 12 nitrogen and oxygen atoms in total. The highest BCUT2D eigenvalue weighted by molar-refractivity contribution is 7.47. The molecule has 0 aromatic rings. The maximum absolute atomic E-state index is 13.2. The first kappa shape index (κ1) is 24.7. The molecule has 2 aliphatic carbocycles. The number of amides is 3. The third-order valence-electron chi connectivity index (χ3n) is 8.94. The largest absolute Gasteiger partial charge is 0.472 e. The number of carbonyl (C=O) groups excluding carboxylic acids is 2. The van der Waals surface area contributed by atoms with Crippen molar-refractivity contribution in [3.8, 4) is 0 Å². The summed E-state index contributed by atoms with van der Waals surface area (Å²) in [5.74, 6) is -0.698. The van der Waals surface area contributed by atoms with E-state index in [2.05, 4.69) is 5.32 Å². The Labute approximate surface area is 207 Å². The molecule has 0 aromatic heterocycles. The molecular weight excluding hydrogens is 495 g/mol. The van der Waals surface area contributed by atoms with Gasteiger partial charge < -0.3 is 24.6 Å². The van der Waals surface area contributed by atoms with Gasteiger partial charge in [0, 0.05) is 24.7 Å². The zero-order chi connectivity index (χ0) is 25.7. The molecule has 3 saturated heterocycles. The average Bonchev–Trinajstić information content (AvgIpc) is 3.37. The molecule has 36 heavy (non-hydrogen) atoms. The summed E-state index contributed by atoms with van der Waals surface area (Å²) in [6, 6.07) is -1.17. The van der Waals surface area contributed by atoms with Crippen LogP contribution in [0.5, 0.6) is 0 Å². The van der Waals surface area contributed by atoms with Gasteiger partial charge in [-0.1, -0.05) is 17.2 Å². The van der Waals surface area contributed by atoms with E-state index in [1.54, 1.807) is 0 Å². The number of rotatable bonds is 1. The molecule has 4 fully saturated rings. The van der Waals surface area contributed by atoms with Gasteiger partial charge in [0.2, 0.25) is 5.91 Å². The summed E-state index contributed by atoms with van der Waals surface area (Å²) in [6.45, 7) is 4.88. The second-order valence-corrected chi connectivity index (χ2v) is 12.3. The molecule has 0 spiro atoms. The van der Waals surface area contributed by atoms with Crippen LogP contribution in [-0.2, 0) is 27.9 Å².